The molecule has 0 bridgehead atoms. The number of nitrogens with zero attached hydrogens (tertiary/aromatic N) is 4. The number of rotatable bonds is 3. The average Bonchev–Trinajstić information content (AvgIpc) is 3.03. The molecule has 24 heavy (non-hydrogen) atoms. The second-order valence-electron chi connectivity index (χ2n) is 5.95. The van der Waals surface area contributed by atoms with Crippen molar-refractivity contribution >= 4 is 23.3 Å². The van der Waals surface area contributed by atoms with Crippen molar-refractivity contribution in [2.45, 2.75) is 30.3 Å². The second-order valence-corrected chi connectivity index (χ2v) is 7.26. The molecule has 5 nitrogen and oxygen atoms in total. The quantitative estimate of drug-likeness (QED) is 0.689. The maximum atomic E-state index is 12.8. The number of amides is 1. The molecule has 1 aromatic carbocycles. The third-order valence-electron chi connectivity index (χ3n) is 4.35. The zero-order chi connectivity index (χ0) is 16.5. The molecule has 2 aromatic heterocycles. The number of hydrogen-bond acceptors (Lipinski definition) is 4. The van der Waals surface area contributed by atoms with Crippen molar-refractivity contribution in [3.63, 3.8) is 0 Å². The summed E-state index contributed by atoms with van der Waals surface area (Å²) in [6.45, 7) is 3.42. The van der Waals surface area contributed by atoms with Crippen LogP contribution < -0.4 is 0 Å². The molecule has 4 rings (SSSR count). The van der Waals surface area contributed by atoms with Crippen LogP contribution in [-0.2, 0) is 17.8 Å². The van der Waals surface area contributed by atoms with Crippen LogP contribution in [0.1, 0.15) is 18.1 Å². The third kappa shape index (κ3) is 2.78. The maximum Gasteiger partial charge on any atom is 0.236 e. The Bertz CT molecular complexity index is 891. The Morgan fingerprint density at radius 2 is 1.92 bits per heavy atom. The van der Waals surface area contributed by atoms with Gasteiger partial charge in [-0.1, -0.05) is 42.1 Å². The van der Waals surface area contributed by atoms with E-state index in [1.807, 2.05) is 46.7 Å². The van der Waals surface area contributed by atoms with Gasteiger partial charge >= 0.3 is 0 Å². The summed E-state index contributed by atoms with van der Waals surface area (Å²) in [4.78, 5) is 14.8. The van der Waals surface area contributed by atoms with E-state index in [1.54, 1.807) is 0 Å². The molecule has 0 N–H and O–H groups in total. The largest absolute Gasteiger partial charge is 0.337 e. The van der Waals surface area contributed by atoms with Crippen LogP contribution in [0, 0.1) is 0 Å². The van der Waals surface area contributed by atoms with Crippen molar-refractivity contribution < 1.29 is 4.79 Å². The first-order valence-corrected chi connectivity index (χ1v) is 8.92. The van der Waals surface area contributed by atoms with Gasteiger partial charge in [0.25, 0.3) is 0 Å². The van der Waals surface area contributed by atoms with Crippen LogP contribution in [0.2, 0.25) is 0 Å². The lowest BCUT2D eigenvalue weighted by Gasteiger charge is -2.30. The lowest BCUT2D eigenvalue weighted by atomic mass is 10.00. The van der Waals surface area contributed by atoms with Gasteiger partial charge in [-0.05, 0) is 36.6 Å². The number of thioether (sulfide) groups is 1. The van der Waals surface area contributed by atoms with E-state index >= 15 is 0 Å². The van der Waals surface area contributed by atoms with E-state index in [9.17, 15) is 4.79 Å². The van der Waals surface area contributed by atoms with E-state index in [2.05, 4.69) is 28.4 Å². The molecular weight excluding hydrogens is 320 g/mol. The zero-order valence-corrected chi connectivity index (χ0v) is 14.2. The summed E-state index contributed by atoms with van der Waals surface area (Å²) in [6, 6.07) is 14.1. The molecular formula is C18H18N4OS. The molecule has 1 atom stereocenters. The number of pyridine rings is 1. The standard InChI is InChI=1S/C18H18N4OS/c1-13(24-18-20-19-16-8-4-5-10-22(16)18)17(23)21-11-9-14-6-2-3-7-15(14)12-21/h2-8,10,13H,9,11-12H2,1H3/t13-/m1/s1. The molecule has 6 heteroatoms. The SMILES string of the molecule is C[C@@H](Sc1nnc2ccccn12)C(=O)N1CCc2ccccc2C1. The van der Waals surface area contributed by atoms with Crippen LogP contribution in [-0.4, -0.2) is 37.2 Å². The summed E-state index contributed by atoms with van der Waals surface area (Å²) in [5.41, 5.74) is 3.40. The van der Waals surface area contributed by atoms with Gasteiger partial charge in [-0.15, -0.1) is 10.2 Å². The van der Waals surface area contributed by atoms with Crippen LogP contribution in [0.5, 0.6) is 0 Å². The molecule has 0 saturated carbocycles. The summed E-state index contributed by atoms with van der Waals surface area (Å²) >= 11 is 1.46. The molecule has 1 aliphatic rings. The van der Waals surface area contributed by atoms with Gasteiger partial charge in [0.2, 0.25) is 5.91 Å². The summed E-state index contributed by atoms with van der Waals surface area (Å²) in [5.74, 6) is 0.155. The Morgan fingerprint density at radius 3 is 2.79 bits per heavy atom. The Balaban J connectivity index is 1.49. The van der Waals surface area contributed by atoms with Crippen molar-refractivity contribution in [1.29, 1.82) is 0 Å². The van der Waals surface area contributed by atoms with Gasteiger partial charge in [0, 0.05) is 19.3 Å². The number of hydrogen-bond donors (Lipinski definition) is 0. The summed E-state index contributed by atoms with van der Waals surface area (Å²) in [6.07, 6.45) is 2.85. The Labute approximate surface area is 144 Å². The lowest BCUT2D eigenvalue weighted by Crippen LogP contribution is -2.40. The molecule has 122 valence electrons. The highest BCUT2D eigenvalue weighted by molar-refractivity contribution is 8.00. The molecule has 0 aliphatic carbocycles. The minimum Gasteiger partial charge on any atom is -0.337 e. The van der Waals surface area contributed by atoms with Gasteiger partial charge in [0.1, 0.15) is 0 Å². The first-order valence-electron chi connectivity index (χ1n) is 8.04. The van der Waals surface area contributed by atoms with Crippen LogP contribution in [0.4, 0.5) is 0 Å². The molecule has 3 aromatic rings. The van der Waals surface area contributed by atoms with Crippen molar-refractivity contribution in [2.24, 2.45) is 0 Å². The minimum atomic E-state index is -0.192. The molecule has 0 spiro atoms. The van der Waals surface area contributed by atoms with Gasteiger partial charge < -0.3 is 4.90 Å². The molecule has 0 fully saturated rings. The highest BCUT2D eigenvalue weighted by atomic mass is 32.2. The fraction of sp³-hybridized carbons (Fsp3) is 0.278. The van der Waals surface area contributed by atoms with Gasteiger partial charge in [0.05, 0.1) is 5.25 Å². The second kappa shape index (κ2) is 6.28. The van der Waals surface area contributed by atoms with Gasteiger partial charge in [-0.25, -0.2) is 0 Å². The zero-order valence-electron chi connectivity index (χ0n) is 13.4. The van der Waals surface area contributed by atoms with E-state index in [0.717, 1.165) is 23.8 Å². The van der Waals surface area contributed by atoms with Gasteiger partial charge in [-0.3, -0.25) is 9.20 Å². The summed E-state index contributed by atoms with van der Waals surface area (Å²) in [5, 5.41) is 8.91. The van der Waals surface area contributed by atoms with Crippen molar-refractivity contribution in [1.82, 2.24) is 19.5 Å². The number of carbonyl (C=O) groups is 1. The molecule has 0 radical (unpaired) electrons. The Kier molecular flexibility index (Phi) is 3.98. The Morgan fingerprint density at radius 1 is 1.12 bits per heavy atom. The first-order chi connectivity index (χ1) is 11.7. The van der Waals surface area contributed by atoms with E-state index in [0.29, 0.717) is 6.54 Å². The monoisotopic (exact) mass is 338 g/mol. The van der Waals surface area contributed by atoms with Crippen LogP contribution >= 0.6 is 11.8 Å². The molecule has 0 unspecified atom stereocenters. The molecule has 3 heterocycles. The lowest BCUT2D eigenvalue weighted by molar-refractivity contribution is -0.131. The number of fused-ring (bicyclic) bond motifs is 2. The van der Waals surface area contributed by atoms with Gasteiger partial charge in [0.15, 0.2) is 10.8 Å². The first kappa shape index (κ1) is 15.2. The van der Waals surface area contributed by atoms with Crippen molar-refractivity contribution in [3.05, 3.63) is 59.8 Å². The summed E-state index contributed by atoms with van der Waals surface area (Å²) < 4.78 is 1.92. The number of benzene rings is 1. The van der Waals surface area contributed by atoms with E-state index in [4.69, 9.17) is 0 Å². The minimum absolute atomic E-state index is 0.155. The van der Waals surface area contributed by atoms with Crippen molar-refractivity contribution in [3.8, 4) is 0 Å². The maximum absolute atomic E-state index is 12.8. The molecule has 1 amide bonds. The highest BCUT2D eigenvalue weighted by Crippen LogP contribution is 2.26. The van der Waals surface area contributed by atoms with Crippen LogP contribution in [0.3, 0.4) is 0 Å². The van der Waals surface area contributed by atoms with E-state index in [-0.39, 0.29) is 11.2 Å². The fourth-order valence-corrected chi connectivity index (χ4v) is 3.97. The number of aromatic nitrogens is 3. The van der Waals surface area contributed by atoms with Crippen molar-refractivity contribution in [2.75, 3.05) is 6.54 Å². The smallest absolute Gasteiger partial charge is 0.236 e. The fourth-order valence-electron chi connectivity index (χ4n) is 3.05. The van der Waals surface area contributed by atoms with E-state index < -0.39 is 0 Å². The molecule has 0 saturated heterocycles. The van der Waals surface area contributed by atoms with Crippen LogP contribution in [0.25, 0.3) is 5.65 Å². The highest BCUT2D eigenvalue weighted by Gasteiger charge is 2.26. The van der Waals surface area contributed by atoms with Crippen LogP contribution in [0.15, 0.2) is 53.8 Å². The summed E-state index contributed by atoms with van der Waals surface area (Å²) in [7, 11) is 0. The average molecular weight is 338 g/mol. The molecule has 1 aliphatic heterocycles. The normalized spacial score (nSPS) is 15.3. The predicted molar refractivity (Wildman–Crippen MR) is 93.9 cm³/mol. The predicted octanol–water partition coefficient (Wildman–Crippen LogP) is 2.79. The van der Waals surface area contributed by atoms with Gasteiger partial charge in [-0.2, -0.15) is 0 Å². The van der Waals surface area contributed by atoms with E-state index in [1.165, 1.54) is 22.9 Å². The Hall–Kier alpha value is -2.34. The number of carbonyl (C=O) groups excluding carboxylic acids is 1. The topological polar surface area (TPSA) is 50.5 Å². The third-order valence-corrected chi connectivity index (χ3v) is 5.40.